The largest absolute Gasteiger partial charge is 0.385 e. The van der Waals surface area contributed by atoms with Crippen LogP contribution in [0.15, 0.2) is 35.3 Å². The molecule has 1 saturated carbocycles. The van der Waals surface area contributed by atoms with Crippen molar-refractivity contribution in [2.24, 2.45) is 10.4 Å². The molecule has 1 aliphatic rings. The number of aliphatic imine (C=N–C) groups is 1. The lowest BCUT2D eigenvalue weighted by Crippen LogP contribution is -2.41. The van der Waals surface area contributed by atoms with Crippen molar-refractivity contribution in [2.75, 3.05) is 33.4 Å². The van der Waals surface area contributed by atoms with Crippen molar-refractivity contribution in [1.29, 1.82) is 0 Å². The van der Waals surface area contributed by atoms with E-state index in [0.717, 1.165) is 45.0 Å². The molecule has 0 spiro atoms. The molecule has 0 heterocycles. The predicted molar refractivity (Wildman–Crippen MR) is 96.9 cm³/mol. The van der Waals surface area contributed by atoms with Crippen LogP contribution in [0.2, 0.25) is 0 Å². The van der Waals surface area contributed by atoms with E-state index in [-0.39, 0.29) is 0 Å². The molecule has 0 unspecified atom stereocenters. The van der Waals surface area contributed by atoms with Crippen LogP contribution in [-0.2, 0) is 11.2 Å². The summed E-state index contributed by atoms with van der Waals surface area (Å²) in [5, 5.41) is 6.81. The van der Waals surface area contributed by atoms with Gasteiger partial charge < -0.3 is 15.4 Å². The Morgan fingerprint density at radius 3 is 2.61 bits per heavy atom. The molecule has 2 rings (SSSR count). The van der Waals surface area contributed by atoms with E-state index in [9.17, 15) is 0 Å². The number of guanidine groups is 1. The average molecular weight is 317 g/mol. The first-order valence-electron chi connectivity index (χ1n) is 8.83. The zero-order valence-corrected chi connectivity index (χ0v) is 14.6. The van der Waals surface area contributed by atoms with E-state index in [1.54, 1.807) is 7.11 Å². The van der Waals surface area contributed by atoms with Crippen molar-refractivity contribution < 1.29 is 4.74 Å². The van der Waals surface area contributed by atoms with E-state index in [2.05, 4.69) is 47.9 Å². The number of hydrogen-bond acceptors (Lipinski definition) is 2. The predicted octanol–water partition coefficient (Wildman–Crippen LogP) is 2.99. The van der Waals surface area contributed by atoms with Gasteiger partial charge in [0.1, 0.15) is 0 Å². The van der Waals surface area contributed by atoms with E-state index in [0.29, 0.717) is 5.41 Å². The first-order chi connectivity index (χ1) is 11.3. The van der Waals surface area contributed by atoms with Crippen LogP contribution >= 0.6 is 0 Å². The third-order valence-corrected chi connectivity index (χ3v) is 4.72. The van der Waals surface area contributed by atoms with Gasteiger partial charge in [-0.3, -0.25) is 4.99 Å². The first-order valence-corrected chi connectivity index (χ1v) is 8.83. The van der Waals surface area contributed by atoms with Crippen LogP contribution in [0.4, 0.5) is 0 Å². The second-order valence-corrected chi connectivity index (χ2v) is 6.45. The van der Waals surface area contributed by atoms with E-state index in [1.165, 1.54) is 24.8 Å². The highest BCUT2D eigenvalue weighted by Gasteiger charge is 2.36. The fourth-order valence-electron chi connectivity index (χ4n) is 3.04. The van der Waals surface area contributed by atoms with Crippen molar-refractivity contribution in [2.45, 2.75) is 39.0 Å². The van der Waals surface area contributed by atoms with Gasteiger partial charge in [0.15, 0.2) is 5.96 Å². The summed E-state index contributed by atoms with van der Waals surface area (Å²) in [7, 11) is 1.78. The van der Waals surface area contributed by atoms with Crippen molar-refractivity contribution in [3.63, 3.8) is 0 Å². The minimum absolute atomic E-state index is 0.373. The maximum absolute atomic E-state index is 5.26. The lowest BCUT2D eigenvalue weighted by molar-refractivity contribution is 0.0778. The molecule has 0 amide bonds. The standard InChI is InChI=1S/C19H31N3O/c1-3-20-18(21-14-10-17-8-5-4-6-9-17)22-16-19(11-7-12-19)13-15-23-2/h4-6,8-9H,3,7,10-16H2,1-2H3,(H2,20,21,22). The number of benzene rings is 1. The molecule has 128 valence electrons. The molecule has 1 aliphatic carbocycles. The van der Waals surface area contributed by atoms with Gasteiger partial charge in [0, 0.05) is 33.4 Å². The number of nitrogens with one attached hydrogen (secondary N) is 2. The van der Waals surface area contributed by atoms with Crippen LogP contribution in [-0.4, -0.2) is 39.3 Å². The van der Waals surface area contributed by atoms with Gasteiger partial charge in [-0.1, -0.05) is 36.8 Å². The molecule has 1 aromatic carbocycles. The van der Waals surface area contributed by atoms with Crippen molar-refractivity contribution in [1.82, 2.24) is 10.6 Å². The van der Waals surface area contributed by atoms with E-state index >= 15 is 0 Å². The van der Waals surface area contributed by atoms with Crippen molar-refractivity contribution in [3.05, 3.63) is 35.9 Å². The molecule has 4 heteroatoms. The quantitative estimate of drug-likeness (QED) is 0.544. The van der Waals surface area contributed by atoms with Gasteiger partial charge in [-0.25, -0.2) is 0 Å². The number of methoxy groups -OCH3 is 1. The lowest BCUT2D eigenvalue weighted by atomic mass is 9.67. The molecule has 2 N–H and O–H groups in total. The van der Waals surface area contributed by atoms with Gasteiger partial charge in [-0.05, 0) is 43.6 Å². The molecule has 23 heavy (non-hydrogen) atoms. The third-order valence-electron chi connectivity index (χ3n) is 4.72. The van der Waals surface area contributed by atoms with Gasteiger partial charge >= 0.3 is 0 Å². The second-order valence-electron chi connectivity index (χ2n) is 6.45. The Kier molecular flexibility index (Phi) is 7.40. The lowest BCUT2D eigenvalue weighted by Gasteiger charge is -2.40. The molecular formula is C19H31N3O. The monoisotopic (exact) mass is 317 g/mol. The summed E-state index contributed by atoms with van der Waals surface area (Å²) < 4.78 is 5.26. The Hall–Kier alpha value is -1.55. The number of ether oxygens (including phenoxy) is 1. The second kappa shape index (κ2) is 9.56. The third kappa shape index (κ3) is 5.87. The van der Waals surface area contributed by atoms with Gasteiger partial charge in [0.25, 0.3) is 0 Å². The minimum atomic E-state index is 0.373. The van der Waals surface area contributed by atoms with Gasteiger partial charge in [-0.15, -0.1) is 0 Å². The molecule has 0 aromatic heterocycles. The molecule has 0 aliphatic heterocycles. The molecule has 0 saturated heterocycles. The number of hydrogen-bond donors (Lipinski definition) is 2. The summed E-state index contributed by atoms with van der Waals surface area (Å²) in [6.07, 6.45) is 6.03. The Balaban J connectivity index is 1.81. The van der Waals surface area contributed by atoms with Crippen LogP contribution in [0.1, 0.15) is 38.2 Å². The summed E-state index contributed by atoms with van der Waals surface area (Å²) in [6, 6.07) is 10.6. The Bertz CT molecular complexity index is 469. The highest BCUT2D eigenvalue weighted by atomic mass is 16.5. The van der Waals surface area contributed by atoms with E-state index in [1.807, 2.05) is 0 Å². The fourth-order valence-corrected chi connectivity index (χ4v) is 3.04. The summed E-state index contributed by atoms with van der Waals surface area (Å²) in [5.41, 5.74) is 1.73. The number of rotatable bonds is 9. The SMILES string of the molecule is CCNC(=NCC1(CCOC)CCC1)NCCc1ccccc1. The Labute approximate surface area is 140 Å². The molecule has 0 atom stereocenters. The molecule has 1 aromatic rings. The summed E-state index contributed by atoms with van der Waals surface area (Å²) in [6.45, 7) is 5.64. The van der Waals surface area contributed by atoms with Crippen LogP contribution in [0.5, 0.6) is 0 Å². The van der Waals surface area contributed by atoms with Crippen molar-refractivity contribution >= 4 is 5.96 Å². The summed E-state index contributed by atoms with van der Waals surface area (Å²) in [4.78, 5) is 4.83. The van der Waals surface area contributed by atoms with Gasteiger partial charge in [-0.2, -0.15) is 0 Å². The maximum Gasteiger partial charge on any atom is 0.191 e. The first kappa shape index (κ1) is 17.8. The highest BCUT2D eigenvalue weighted by molar-refractivity contribution is 5.79. The molecule has 1 fully saturated rings. The maximum atomic E-state index is 5.26. The molecule has 0 radical (unpaired) electrons. The van der Waals surface area contributed by atoms with Gasteiger partial charge in [0.2, 0.25) is 0 Å². The summed E-state index contributed by atoms with van der Waals surface area (Å²) >= 11 is 0. The topological polar surface area (TPSA) is 45.7 Å². The van der Waals surface area contributed by atoms with Gasteiger partial charge in [0.05, 0.1) is 0 Å². The minimum Gasteiger partial charge on any atom is -0.385 e. The Morgan fingerprint density at radius 2 is 2.00 bits per heavy atom. The fraction of sp³-hybridized carbons (Fsp3) is 0.632. The van der Waals surface area contributed by atoms with Crippen LogP contribution in [0.3, 0.4) is 0 Å². The van der Waals surface area contributed by atoms with Crippen LogP contribution in [0.25, 0.3) is 0 Å². The average Bonchev–Trinajstić information content (AvgIpc) is 2.54. The highest BCUT2D eigenvalue weighted by Crippen LogP contribution is 2.44. The number of nitrogens with zero attached hydrogens (tertiary/aromatic N) is 1. The molecule has 0 bridgehead atoms. The molecule has 4 nitrogen and oxygen atoms in total. The van der Waals surface area contributed by atoms with Crippen molar-refractivity contribution in [3.8, 4) is 0 Å². The van der Waals surface area contributed by atoms with Crippen LogP contribution < -0.4 is 10.6 Å². The summed E-state index contributed by atoms with van der Waals surface area (Å²) in [5.74, 6) is 0.937. The normalized spacial score (nSPS) is 16.7. The zero-order valence-electron chi connectivity index (χ0n) is 14.6. The molecular weight excluding hydrogens is 286 g/mol. The Morgan fingerprint density at radius 1 is 1.22 bits per heavy atom. The van der Waals surface area contributed by atoms with Crippen LogP contribution in [0, 0.1) is 5.41 Å². The smallest absolute Gasteiger partial charge is 0.191 e. The van der Waals surface area contributed by atoms with E-state index < -0.39 is 0 Å². The zero-order chi connectivity index (χ0) is 16.4. The van der Waals surface area contributed by atoms with E-state index in [4.69, 9.17) is 9.73 Å².